The minimum atomic E-state index is -0.967. The van der Waals surface area contributed by atoms with Gasteiger partial charge in [0, 0.05) is 11.6 Å². The number of hydrogen-bond donors (Lipinski definition) is 0. The third kappa shape index (κ3) is 3.34. The van der Waals surface area contributed by atoms with Gasteiger partial charge in [-0.25, -0.2) is 4.79 Å². The maximum Gasteiger partial charge on any atom is 0.343 e. The molecule has 26 heavy (non-hydrogen) atoms. The molecule has 2 heterocycles. The Balaban J connectivity index is 1.98. The zero-order valence-corrected chi connectivity index (χ0v) is 13.5. The van der Waals surface area contributed by atoms with E-state index in [4.69, 9.17) is 4.52 Å². The highest BCUT2D eigenvalue weighted by atomic mass is 16.6. The van der Waals surface area contributed by atoms with Crippen LogP contribution in [-0.4, -0.2) is 32.7 Å². The molecule has 0 unspecified atom stereocenters. The van der Waals surface area contributed by atoms with Crippen LogP contribution >= 0.6 is 0 Å². The molecule has 3 rings (SSSR count). The van der Waals surface area contributed by atoms with Gasteiger partial charge >= 0.3 is 5.97 Å². The van der Waals surface area contributed by atoms with Crippen molar-refractivity contribution in [2.24, 2.45) is 0 Å². The maximum absolute atomic E-state index is 12.4. The van der Waals surface area contributed by atoms with E-state index in [2.05, 4.69) is 14.9 Å². The Bertz CT molecular complexity index is 1020. The lowest BCUT2D eigenvalue weighted by Crippen LogP contribution is -2.27. The van der Waals surface area contributed by atoms with E-state index in [9.17, 15) is 19.7 Å². The van der Waals surface area contributed by atoms with Crippen LogP contribution in [0.5, 0.6) is 0 Å². The van der Waals surface area contributed by atoms with Crippen LogP contribution < -0.4 is 5.56 Å². The average molecular weight is 356 g/mol. The molecule has 132 valence electrons. The summed E-state index contributed by atoms with van der Waals surface area (Å²) in [5, 5.41) is 14.8. The van der Waals surface area contributed by atoms with E-state index in [1.807, 2.05) is 6.07 Å². The zero-order valence-electron chi connectivity index (χ0n) is 13.5. The van der Waals surface area contributed by atoms with Crippen molar-refractivity contribution in [3.8, 4) is 11.5 Å². The number of esters is 1. The first-order valence-corrected chi connectivity index (χ1v) is 7.35. The fourth-order valence-corrected chi connectivity index (χ4v) is 2.26. The highest BCUT2D eigenvalue weighted by molar-refractivity contribution is 5.89. The number of methoxy groups -OCH3 is 1. The second-order valence-corrected chi connectivity index (χ2v) is 5.18. The SMILES string of the molecule is COC(=O)c1cc([N+](=O)[O-])cn(Cc2noc(-c3ccccc3)n2)c1=O. The largest absolute Gasteiger partial charge is 0.465 e. The average Bonchev–Trinajstić information content (AvgIpc) is 3.12. The molecule has 0 atom stereocenters. The summed E-state index contributed by atoms with van der Waals surface area (Å²) in [5.41, 5.74) is -0.952. The van der Waals surface area contributed by atoms with Gasteiger partial charge in [-0.15, -0.1) is 0 Å². The number of benzene rings is 1. The van der Waals surface area contributed by atoms with Crippen LogP contribution in [0.2, 0.25) is 0 Å². The van der Waals surface area contributed by atoms with E-state index >= 15 is 0 Å². The number of rotatable bonds is 5. The van der Waals surface area contributed by atoms with E-state index in [0.717, 1.165) is 23.9 Å². The van der Waals surface area contributed by atoms with Crippen molar-refractivity contribution in [2.75, 3.05) is 7.11 Å². The Morgan fingerprint density at radius 1 is 1.35 bits per heavy atom. The third-order valence-corrected chi connectivity index (χ3v) is 3.49. The smallest absolute Gasteiger partial charge is 0.343 e. The number of nitrogens with zero attached hydrogens (tertiary/aromatic N) is 4. The fourth-order valence-electron chi connectivity index (χ4n) is 2.26. The Hall–Kier alpha value is -3.82. The van der Waals surface area contributed by atoms with E-state index in [1.54, 1.807) is 24.3 Å². The molecule has 3 aromatic rings. The summed E-state index contributed by atoms with van der Waals surface area (Å²) >= 11 is 0. The molecule has 0 N–H and O–H groups in total. The van der Waals surface area contributed by atoms with Gasteiger partial charge in [-0.05, 0) is 12.1 Å². The van der Waals surface area contributed by atoms with E-state index in [0.29, 0.717) is 5.56 Å². The summed E-state index contributed by atoms with van der Waals surface area (Å²) in [5.74, 6) is -0.597. The Morgan fingerprint density at radius 3 is 2.73 bits per heavy atom. The summed E-state index contributed by atoms with van der Waals surface area (Å²) < 4.78 is 10.6. The Kier molecular flexibility index (Phi) is 4.56. The molecule has 0 saturated carbocycles. The quantitative estimate of drug-likeness (QED) is 0.383. The lowest BCUT2D eigenvalue weighted by Gasteiger charge is -2.05. The molecular weight excluding hydrogens is 344 g/mol. The fraction of sp³-hybridized carbons (Fsp3) is 0.125. The Morgan fingerprint density at radius 2 is 2.08 bits per heavy atom. The summed E-state index contributed by atoms with van der Waals surface area (Å²) in [6.45, 7) is -0.207. The van der Waals surface area contributed by atoms with Gasteiger partial charge in [0.2, 0.25) is 0 Å². The normalized spacial score (nSPS) is 10.5. The highest BCUT2D eigenvalue weighted by Crippen LogP contribution is 2.17. The summed E-state index contributed by atoms with van der Waals surface area (Å²) in [4.78, 5) is 38.6. The van der Waals surface area contributed by atoms with Crippen molar-refractivity contribution in [3.05, 3.63) is 74.5 Å². The first kappa shape index (κ1) is 17.0. The standard InChI is InChI=1S/C16H12N4O6/c1-25-16(22)12-7-11(20(23)24)8-19(15(12)21)9-13-17-14(26-18-13)10-5-3-2-4-6-10/h2-8H,9H2,1H3. The van der Waals surface area contributed by atoms with Crippen LogP contribution in [0.25, 0.3) is 11.5 Å². The predicted molar refractivity (Wildman–Crippen MR) is 87.5 cm³/mol. The van der Waals surface area contributed by atoms with Gasteiger partial charge in [0.05, 0.1) is 24.8 Å². The molecule has 0 spiro atoms. The summed E-state index contributed by atoms with van der Waals surface area (Å²) in [6, 6.07) is 9.84. The molecule has 10 nitrogen and oxygen atoms in total. The van der Waals surface area contributed by atoms with Crippen LogP contribution in [0, 0.1) is 10.1 Å². The molecule has 0 bridgehead atoms. The first-order chi connectivity index (χ1) is 12.5. The monoisotopic (exact) mass is 356 g/mol. The number of carbonyl (C=O) groups is 1. The number of hydrogen-bond acceptors (Lipinski definition) is 8. The van der Waals surface area contributed by atoms with Crippen LogP contribution in [0.1, 0.15) is 16.2 Å². The second kappa shape index (κ2) is 6.97. The van der Waals surface area contributed by atoms with E-state index in [-0.39, 0.29) is 18.3 Å². The maximum atomic E-state index is 12.4. The molecule has 0 radical (unpaired) electrons. The van der Waals surface area contributed by atoms with Gasteiger partial charge < -0.3 is 13.8 Å². The lowest BCUT2D eigenvalue weighted by molar-refractivity contribution is -0.385. The van der Waals surface area contributed by atoms with Crippen LogP contribution in [-0.2, 0) is 11.3 Å². The molecule has 0 aliphatic carbocycles. The van der Waals surface area contributed by atoms with Gasteiger partial charge in [0.25, 0.3) is 17.1 Å². The molecule has 0 aliphatic rings. The van der Waals surface area contributed by atoms with Crippen molar-refractivity contribution < 1.29 is 19.0 Å². The predicted octanol–water partition coefficient (Wildman–Crippen LogP) is 1.64. The number of ether oxygens (including phenoxy) is 1. The van der Waals surface area contributed by atoms with Gasteiger partial charge in [-0.1, -0.05) is 23.4 Å². The first-order valence-electron chi connectivity index (χ1n) is 7.35. The van der Waals surface area contributed by atoms with Crippen molar-refractivity contribution in [2.45, 2.75) is 6.54 Å². The molecule has 0 amide bonds. The molecular formula is C16H12N4O6. The molecule has 0 fully saturated rings. The molecule has 2 aromatic heterocycles. The minimum absolute atomic E-state index is 0.127. The van der Waals surface area contributed by atoms with Crippen molar-refractivity contribution in [1.82, 2.24) is 14.7 Å². The minimum Gasteiger partial charge on any atom is -0.465 e. The lowest BCUT2D eigenvalue weighted by atomic mass is 10.2. The molecule has 10 heteroatoms. The van der Waals surface area contributed by atoms with Crippen LogP contribution in [0.4, 0.5) is 5.69 Å². The van der Waals surface area contributed by atoms with Gasteiger partial charge in [0.15, 0.2) is 5.82 Å². The van der Waals surface area contributed by atoms with Crippen molar-refractivity contribution in [1.29, 1.82) is 0 Å². The third-order valence-electron chi connectivity index (χ3n) is 3.49. The second-order valence-electron chi connectivity index (χ2n) is 5.18. The highest BCUT2D eigenvalue weighted by Gasteiger charge is 2.21. The zero-order chi connectivity index (χ0) is 18.7. The number of aromatic nitrogens is 3. The van der Waals surface area contributed by atoms with Gasteiger partial charge in [-0.2, -0.15) is 4.98 Å². The summed E-state index contributed by atoms with van der Waals surface area (Å²) in [6.07, 6.45) is 1.01. The van der Waals surface area contributed by atoms with Crippen molar-refractivity contribution in [3.63, 3.8) is 0 Å². The topological polar surface area (TPSA) is 130 Å². The number of carbonyl (C=O) groups excluding carboxylic acids is 1. The van der Waals surface area contributed by atoms with Crippen LogP contribution in [0.15, 0.2) is 51.9 Å². The summed E-state index contributed by atoms with van der Waals surface area (Å²) in [7, 11) is 1.08. The van der Waals surface area contributed by atoms with Gasteiger partial charge in [-0.3, -0.25) is 14.9 Å². The molecule has 1 aromatic carbocycles. The number of nitro groups is 1. The van der Waals surface area contributed by atoms with Crippen LogP contribution in [0.3, 0.4) is 0 Å². The molecule has 0 aliphatic heterocycles. The molecule has 0 saturated heterocycles. The number of pyridine rings is 1. The van der Waals surface area contributed by atoms with Crippen molar-refractivity contribution >= 4 is 11.7 Å². The van der Waals surface area contributed by atoms with E-state index < -0.39 is 27.7 Å². The van der Waals surface area contributed by atoms with Gasteiger partial charge in [0.1, 0.15) is 5.56 Å². The van der Waals surface area contributed by atoms with E-state index in [1.165, 1.54) is 0 Å². The Labute approximate surface area is 145 Å².